The summed E-state index contributed by atoms with van der Waals surface area (Å²) in [5.41, 5.74) is 1.50. The highest BCUT2D eigenvalue weighted by Gasteiger charge is 2.24. The van der Waals surface area contributed by atoms with Gasteiger partial charge in [0.05, 0.1) is 15.9 Å². The lowest BCUT2D eigenvalue weighted by atomic mass is 10.0. The van der Waals surface area contributed by atoms with Gasteiger partial charge in [-0.3, -0.25) is 4.79 Å². The highest BCUT2D eigenvalue weighted by Crippen LogP contribution is 2.23. The van der Waals surface area contributed by atoms with Crippen LogP contribution in [0, 0.1) is 0 Å². The number of amides is 1. The largest absolute Gasteiger partial charge is 0.340 e. The van der Waals surface area contributed by atoms with Crippen LogP contribution in [0.4, 0.5) is 0 Å². The van der Waals surface area contributed by atoms with Crippen LogP contribution in [0.1, 0.15) is 38.4 Å². The van der Waals surface area contributed by atoms with Gasteiger partial charge in [-0.15, -0.1) is 0 Å². The van der Waals surface area contributed by atoms with Crippen LogP contribution >= 0.6 is 0 Å². The molecule has 148 valence electrons. The number of hydrogen-bond acceptors (Lipinski definition) is 4. The first kappa shape index (κ1) is 19.8. The Morgan fingerprint density at radius 1 is 1.30 bits per heavy atom. The third-order valence-corrected chi connectivity index (χ3v) is 7.22. The Morgan fingerprint density at radius 3 is 2.70 bits per heavy atom. The van der Waals surface area contributed by atoms with E-state index < -0.39 is 10.0 Å². The van der Waals surface area contributed by atoms with Gasteiger partial charge in [-0.25, -0.2) is 17.7 Å². The molecule has 1 aliphatic heterocycles. The van der Waals surface area contributed by atoms with E-state index in [0.29, 0.717) is 24.4 Å². The maximum Gasteiger partial charge on any atom is 0.242 e. The third-order valence-electron chi connectivity index (χ3n) is 5.41. The second-order valence-electron chi connectivity index (χ2n) is 7.46. The predicted molar refractivity (Wildman–Crippen MR) is 105 cm³/mol. The van der Waals surface area contributed by atoms with E-state index in [4.69, 9.17) is 0 Å². The van der Waals surface area contributed by atoms with Crippen molar-refractivity contribution in [3.8, 4) is 0 Å². The summed E-state index contributed by atoms with van der Waals surface area (Å²) < 4.78 is 27.8. The summed E-state index contributed by atoms with van der Waals surface area (Å²) in [6.45, 7) is 2.95. The van der Waals surface area contributed by atoms with Crippen molar-refractivity contribution < 1.29 is 13.2 Å². The molecule has 8 heteroatoms. The number of rotatable bonds is 5. The zero-order valence-corrected chi connectivity index (χ0v) is 17.3. The Kier molecular flexibility index (Phi) is 5.58. The summed E-state index contributed by atoms with van der Waals surface area (Å²) in [4.78, 5) is 19.4. The first-order valence-electron chi connectivity index (χ1n) is 9.39. The number of nitrogens with zero attached hydrogens (tertiary/aromatic N) is 4. The fraction of sp³-hybridized carbons (Fsp3) is 0.579. The average molecular weight is 393 g/mol. The molecule has 0 unspecified atom stereocenters. The van der Waals surface area contributed by atoms with Gasteiger partial charge in [0, 0.05) is 46.6 Å². The van der Waals surface area contributed by atoms with Crippen molar-refractivity contribution in [2.75, 3.05) is 20.6 Å². The fourth-order valence-electron chi connectivity index (χ4n) is 3.66. The second-order valence-corrected chi connectivity index (χ2v) is 9.61. The Balaban J connectivity index is 1.79. The Labute approximate surface area is 161 Å². The summed E-state index contributed by atoms with van der Waals surface area (Å²) in [5, 5.41) is 0. The highest BCUT2D eigenvalue weighted by molar-refractivity contribution is 7.89. The van der Waals surface area contributed by atoms with Crippen molar-refractivity contribution in [2.24, 2.45) is 7.05 Å². The quantitative estimate of drug-likeness (QED) is 0.781. The Bertz CT molecular complexity index is 949. The number of carbonyl (C=O) groups excluding carboxylic acids is 1. The van der Waals surface area contributed by atoms with Crippen LogP contribution in [0.15, 0.2) is 23.1 Å². The minimum absolute atomic E-state index is 0.171. The molecule has 1 aromatic heterocycles. The predicted octanol–water partition coefficient (Wildman–Crippen LogP) is 2.16. The lowest BCUT2D eigenvalue weighted by molar-refractivity contribution is -0.134. The summed E-state index contributed by atoms with van der Waals surface area (Å²) in [6.07, 6.45) is 4.30. The molecule has 7 nitrogen and oxygen atoms in total. The molecule has 0 aliphatic carbocycles. The van der Waals surface area contributed by atoms with Gasteiger partial charge in [0.25, 0.3) is 0 Å². The van der Waals surface area contributed by atoms with Crippen LogP contribution in [0.3, 0.4) is 0 Å². The number of imidazole rings is 1. The maximum atomic E-state index is 12.6. The Hall–Kier alpha value is -1.93. The van der Waals surface area contributed by atoms with Crippen LogP contribution in [0.5, 0.6) is 0 Å². The standard InChI is InChI=1S/C19H28N4O3S/c1-14-7-5-6-12-23(14)19(24)11-10-18-20-16-13-15(27(25,26)21(2)3)8-9-17(16)22(18)4/h8-9,13-14H,5-7,10-12H2,1-4H3/t14-/m1/s1. The number of likely N-dealkylation sites (tertiary alicyclic amines) is 1. The van der Waals surface area contributed by atoms with Crippen molar-refractivity contribution in [2.45, 2.75) is 50.0 Å². The monoisotopic (exact) mass is 392 g/mol. The van der Waals surface area contributed by atoms with E-state index >= 15 is 0 Å². The van der Waals surface area contributed by atoms with E-state index in [2.05, 4.69) is 11.9 Å². The topological polar surface area (TPSA) is 75.5 Å². The van der Waals surface area contributed by atoms with Crippen molar-refractivity contribution in [1.82, 2.24) is 18.8 Å². The van der Waals surface area contributed by atoms with Crippen molar-refractivity contribution >= 4 is 27.0 Å². The van der Waals surface area contributed by atoms with Gasteiger partial charge in [0.2, 0.25) is 15.9 Å². The molecule has 1 atom stereocenters. The molecule has 0 N–H and O–H groups in total. The minimum atomic E-state index is -3.50. The molecular weight excluding hydrogens is 364 g/mol. The van der Waals surface area contributed by atoms with E-state index in [1.54, 1.807) is 18.2 Å². The van der Waals surface area contributed by atoms with Crippen molar-refractivity contribution in [3.63, 3.8) is 0 Å². The van der Waals surface area contributed by atoms with E-state index in [-0.39, 0.29) is 10.8 Å². The smallest absolute Gasteiger partial charge is 0.242 e. The number of aryl methyl sites for hydroxylation is 2. The van der Waals surface area contributed by atoms with Gasteiger partial charge in [0.1, 0.15) is 5.82 Å². The third kappa shape index (κ3) is 3.87. The van der Waals surface area contributed by atoms with Crippen LogP contribution in [-0.2, 0) is 28.3 Å². The van der Waals surface area contributed by atoms with E-state index in [0.717, 1.165) is 30.7 Å². The highest BCUT2D eigenvalue weighted by atomic mass is 32.2. The molecule has 1 fully saturated rings. The first-order chi connectivity index (χ1) is 12.7. The molecule has 0 radical (unpaired) electrons. The van der Waals surface area contributed by atoms with Gasteiger partial charge < -0.3 is 9.47 Å². The van der Waals surface area contributed by atoms with E-state index in [1.807, 2.05) is 16.5 Å². The number of fused-ring (bicyclic) bond motifs is 1. The molecular formula is C19H28N4O3S. The summed E-state index contributed by atoms with van der Waals surface area (Å²) in [6, 6.07) is 5.29. The van der Waals surface area contributed by atoms with Crippen molar-refractivity contribution in [3.05, 3.63) is 24.0 Å². The first-order valence-corrected chi connectivity index (χ1v) is 10.8. The lowest BCUT2D eigenvalue weighted by Gasteiger charge is -2.33. The number of sulfonamides is 1. The average Bonchev–Trinajstić information content (AvgIpc) is 2.95. The SMILES string of the molecule is C[C@@H]1CCCCN1C(=O)CCc1nc2cc(S(=O)(=O)N(C)C)ccc2n1C. The van der Waals surface area contributed by atoms with E-state index in [1.165, 1.54) is 24.8 Å². The van der Waals surface area contributed by atoms with Gasteiger partial charge in [0.15, 0.2) is 0 Å². The molecule has 27 heavy (non-hydrogen) atoms. The normalized spacial score (nSPS) is 18.4. The van der Waals surface area contributed by atoms with Crippen LogP contribution < -0.4 is 0 Å². The van der Waals surface area contributed by atoms with Crippen LogP contribution in [-0.4, -0.2) is 59.8 Å². The second kappa shape index (κ2) is 7.59. The number of aromatic nitrogens is 2. The fourth-order valence-corrected chi connectivity index (χ4v) is 4.58. The van der Waals surface area contributed by atoms with Crippen LogP contribution in [0.2, 0.25) is 0 Å². The van der Waals surface area contributed by atoms with Gasteiger partial charge in [-0.1, -0.05) is 0 Å². The molecule has 2 heterocycles. The van der Waals surface area contributed by atoms with Crippen LogP contribution in [0.25, 0.3) is 11.0 Å². The minimum Gasteiger partial charge on any atom is -0.340 e. The lowest BCUT2D eigenvalue weighted by Crippen LogP contribution is -2.42. The molecule has 1 aliphatic rings. The summed E-state index contributed by atoms with van der Waals surface area (Å²) in [7, 11) is 1.43. The molecule has 3 rings (SSSR count). The van der Waals surface area contributed by atoms with Gasteiger partial charge >= 0.3 is 0 Å². The number of piperidine rings is 1. The summed E-state index contributed by atoms with van der Waals surface area (Å²) >= 11 is 0. The Morgan fingerprint density at radius 2 is 2.04 bits per heavy atom. The molecule has 1 aromatic carbocycles. The van der Waals surface area contributed by atoms with Gasteiger partial charge in [-0.2, -0.15) is 0 Å². The summed E-state index contributed by atoms with van der Waals surface area (Å²) in [5.74, 6) is 0.965. The molecule has 0 saturated carbocycles. The number of hydrogen-bond donors (Lipinski definition) is 0. The maximum absolute atomic E-state index is 12.6. The molecule has 1 saturated heterocycles. The zero-order chi connectivity index (χ0) is 19.8. The molecule has 0 spiro atoms. The molecule has 2 aromatic rings. The van der Waals surface area contributed by atoms with E-state index in [9.17, 15) is 13.2 Å². The van der Waals surface area contributed by atoms with Gasteiger partial charge in [-0.05, 0) is 44.4 Å². The molecule has 1 amide bonds. The molecule has 0 bridgehead atoms. The number of benzene rings is 1. The van der Waals surface area contributed by atoms with Crippen molar-refractivity contribution in [1.29, 1.82) is 0 Å². The number of carbonyl (C=O) groups is 1. The zero-order valence-electron chi connectivity index (χ0n) is 16.5.